The highest BCUT2D eigenvalue weighted by molar-refractivity contribution is 5.73. The normalized spacial score (nSPS) is 11.3. The zero-order chi connectivity index (χ0) is 25.1. The third-order valence-electron chi connectivity index (χ3n) is 3.88. The standard InChI is InChI=1S/C18H19F3N4O.C2HF3O2/c1-26-9-8-23-7-3-6-15-11-16(25-17(12-22)24-15)13-4-2-5-14(10-13)18(19,20)21;3-2(4,5)1(6)7/h2,4-5,10-11,23H,3,6-9H2,1H3;(H,6,7). The van der Waals surface area contributed by atoms with Crippen LogP contribution in [0, 0.1) is 11.3 Å². The summed E-state index contributed by atoms with van der Waals surface area (Å²) in [5.41, 5.74) is 0.483. The van der Waals surface area contributed by atoms with Crippen molar-refractivity contribution >= 4 is 5.97 Å². The zero-order valence-corrected chi connectivity index (χ0v) is 17.3. The number of carboxylic acids is 1. The highest BCUT2D eigenvalue weighted by Crippen LogP contribution is 2.31. The van der Waals surface area contributed by atoms with Crippen LogP contribution in [0.4, 0.5) is 26.3 Å². The van der Waals surface area contributed by atoms with E-state index < -0.39 is 23.9 Å². The number of aliphatic carboxylic acids is 1. The van der Waals surface area contributed by atoms with E-state index in [1.165, 1.54) is 12.1 Å². The first-order valence-electron chi connectivity index (χ1n) is 9.34. The second-order valence-electron chi connectivity index (χ2n) is 6.41. The molecule has 0 saturated heterocycles. The van der Waals surface area contributed by atoms with E-state index in [0.29, 0.717) is 30.0 Å². The van der Waals surface area contributed by atoms with E-state index in [-0.39, 0.29) is 5.82 Å². The Morgan fingerprint density at radius 2 is 1.82 bits per heavy atom. The Balaban J connectivity index is 0.000000675. The van der Waals surface area contributed by atoms with Crippen molar-refractivity contribution in [2.75, 3.05) is 26.8 Å². The van der Waals surface area contributed by atoms with Crippen LogP contribution < -0.4 is 5.32 Å². The molecule has 0 fully saturated rings. The van der Waals surface area contributed by atoms with Gasteiger partial charge < -0.3 is 15.2 Å². The number of carboxylic acid groups (broad SMARTS) is 1. The molecule has 0 aliphatic carbocycles. The van der Waals surface area contributed by atoms with Crippen LogP contribution in [0.3, 0.4) is 0 Å². The lowest BCUT2D eigenvalue weighted by molar-refractivity contribution is -0.192. The van der Waals surface area contributed by atoms with Crippen molar-refractivity contribution in [3.8, 4) is 17.3 Å². The van der Waals surface area contributed by atoms with Gasteiger partial charge in [0.2, 0.25) is 5.82 Å². The quantitative estimate of drug-likeness (QED) is 0.439. The molecule has 0 spiro atoms. The number of aryl methyl sites for hydroxylation is 1. The minimum Gasteiger partial charge on any atom is -0.475 e. The van der Waals surface area contributed by atoms with Crippen molar-refractivity contribution in [1.82, 2.24) is 15.3 Å². The van der Waals surface area contributed by atoms with Crippen molar-refractivity contribution in [3.63, 3.8) is 0 Å². The van der Waals surface area contributed by atoms with Crippen LogP contribution in [-0.4, -0.2) is 54.0 Å². The first-order chi connectivity index (χ1) is 15.4. The van der Waals surface area contributed by atoms with Gasteiger partial charge in [-0.2, -0.15) is 31.6 Å². The summed E-state index contributed by atoms with van der Waals surface area (Å²) >= 11 is 0. The Morgan fingerprint density at radius 1 is 1.15 bits per heavy atom. The average molecular weight is 478 g/mol. The number of benzene rings is 1. The van der Waals surface area contributed by atoms with Gasteiger partial charge in [0.05, 0.1) is 17.9 Å². The minimum absolute atomic E-state index is 0.0535. The highest BCUT2D eigenvalue weighted by atomic mass is 19.4. The fourth-order valence-corrected chi connectivity index (χ4v) is 2.37. The number of carbonyl (C=O) groups is 1. The Kier molecular flexibility index (Phi) is 10.7. The van der Waals surface area contributed by atoms with E-state index in [4.69, 9.17) is 19.9 Å². The number of aromatic nitrogens is 2. The molecule has 0 aliphatic heterocycles. The number of halogens is 6. The maximum atomic E-state index is 12.9. The summed E-state index contributed by atoms with van der Waals surface area (Å²) < 4.78 is 75.4. The highest BCUT2D eigenvalue weighted by Gasteiger charge is 2.38. The Hall–Kier alpha value is -3.24. The van der Waals surface area contributed by atoms with Gasteiger partial charge in [0.1, 0.15) is 6.07 Å². The molecule has 180 valence electrons. The summed E-state index contributed by atoms with van der Waals surface area (Å²) in [4.78, 5) is 17.1. The van der Waals surface area contributed by atoms with Crippen LogP contribution in [0.25, 0.3) is 11.3 Å². The molecule has 0 unspecified atom stereocenters. The SMILES string of the molecule is COCCNCCCc1cc(-c2cccc(C(F)(F)F)c2)nc(C#N)n1.O=C(O)C(F)(F)F. The van der Waals surface area contributed by atoms with Crippen LogP contribution in [0.1, 0.15) is 23.5 Å². The predicted octanol–water partition coefficient (Wildman–Crippen LogP) is 3.84. The van der Waals surface area contributed by atoms with Crippen LogP contribution >= 0.6 is 0 Å². The second-order valence-corrected chi connectivity index (χ2v) is 6.41. The number of hydrogen-bond donors (Lipinski definition) is 2. The lowest BCUT2D eigenvalue weighted by Crippen LogP contribution is -2.21. The van der Waals surface area contributed by atoms with E-state index in [0.717, 1.165) is 31.6 Å². The molecule has 0 amide bonds. The van der Waals surface area contributed by atoms with E-state index in [1.807, 2.05) is 6.07 Å². The maximum absolute atomic E-state index is 12.9. The Morgan fingerprint density at radius 3 is 2.36 bits per heavy atom. The zero-order valence-electron chi connectivity index (χ0n) is 17.3. The lowest BCUT2D eigenvalue weighted by Gasteiger charge is -2.10. The molecule has 2 aromatic rings. The number of nitrogens with zero attached hydrogens (tertiary/aromatic N) is 3. The number of nitrogens with one attached hydrogen (secondary N) is 1. The summed E-state index contributed by atoms with van der Waals surface area (Å²) in [5, 5.41) is 19.4. The van der Waals surface area contributed by atoms with Gasteiger partial charge in [-0.25, -0.2) is 14.8 Å². The van der Waals surface area contributed by atoms with Gasteiger partial charge in [0, 0.05) is 24.9 Å². The number of rotatable bonds is 8. The van der Waals surface area contributed by atoms with E-state index in [2.05, 4.69) is 15.3 Å². The first kappa shape index (κ1) is 27.8. The van der Waals surface area contributed by atoms with Crippen molar-refractivity contribution < 1.29 is 41.0 Å². The third-order valence-corrected chi connectivity index (χ3v) is 3.88. The summed E-state index contributed by atoms with van der Waals surface area (Å²) in [6, 6.07) is 8.39. The molecule has 1 aromatic heterocycles. The molecule has 0 bridgehead atoms. The molecule has 33 heavy (non-hydrogen) atoms. The van der Waals surface area contributed by atoms with Crippen molar-refractivity contribution in [2.45, 2.75) is 25.2 Å². The van der Waals surface area contributed by atoms with Gasteiger partial charge in [-0.3, -0.25) is 0 Å². The summed E-state index contributed by atoms with van der Waals surface area (Å²) in [6.07, 6.45) is -8.16. The minimum atomic E-state index is -5.08. The van der Waals surface area contributed by atoms with E-state index in [9.17, 15) is 26.3 Å². The largest absolute Gasteiger partial charge is 0.490 e. The molecule has 0 aliphatic rings. The van der Waals surface area contributed by atoms with Crippen LogP contribution in [0.15, 0.2) is 30.3 Å². The molecule has 0 radical (unpaired) electrons. The lowest BCUT2D eigenvalue weighted by atomic mass is 10.1. The molecular weight excluding hydrogens is 458 g/mol. The molecule has 1 heterocycles. The van der Waals surface area contributed by atoms with Crippen LogP contribution in [0.2, 0.25) is 0 Å². The van der Waals surface area contributed by atoms with Crippen molar-refractivity contribution in [2.24, 2.45) is 0 Å². The molecule has 13 heteroatoms. The topological polar surface area (TPSA) is 108 Å². The summed E-state index contributed by atoms with van der Waals surface area (Å²) in [6.45, 7) is 2.10. The van der Waals surface area contributed by atoms with Gasteiger partial charge in [-0.1, -0.05) is 12.1 Å². The first-order valence-corrected chi connectivity index (χ1v) is 9.34. The second kappa shape index (κ2) is 12.7. The molecule has 2 N–H and O–H groups in total. The van der Waals surface area contributed by atoms with Crippen molar-refractivity contribution in [1.29, 1.82) is 5.26 Å². The fraction of sp³-hybridized carbons (Fsp3) is 0.400. The molecule has 1 aromatic carbocycles. The van der Waals surface area contributed by atoms with Crippen LogP contribution in [-0.2, 0) is 22.1 Å². The summed E-state index contributed by atoms with van der Waals surface area (Å²) in [7, 11) is 1.63. The average Bonchev–Trinajstić information content (AvgIpc) is 2.75. The van der Waals surface area contributed by atoms with Gasteiger partial charge in [0.15, 0.2) is 0 Å². The molecule has 0 saturated carbocycles. The third kappa shape index (κ3) is 10.3. The molecule has 7 nitrogen and oxygen atoms in total. The number of methoxy groups -OCH3 is 1. The van der Waals surface area contributed by atoms with E-state index >= 15 is 0 Å². The van der Waals surface area contributed by atoms with E-state index in [1.54, 1.807) is 13.2 Å². The maximum Gasteiger partial charge on any atom is 0.490 e. The fourth-order valence-electron chi connectivity index (χ4n) is 2.37. The van der Waals surface area contributed by atoms with Gasteiger partial charge in [0.25, 0.3) is 0 Å². The summed E-state index contributed by atoms with van der Waals surface area (Å²) in [5.74, 6) is -2.81. The molecule has 2 rings (SSSR count). The molecule has 0 atom stereocenters. The van der Waals surface area contributed by atoms with Gasteiger partial charge in [-0.15, -0.1) is 0 Å². The predicted molar refractivity (Wildman–Crippen MR) is 104 cm³/mol. The van der Waals surface area contributed by atoms with Crippen molar-refractivity contribution in [3.05, 3.63) is 47.4 Å². The Labute approximate surface area is 185 Å². The Bertz CT molecular complexity index is 958. The number of hydrogen-bond acceptors (Lipinski definition) is 6. The van der Waals surface area contributed by atoms with Crippen LogP contribution in [0.5, 0.6) is 0 Å². The molecular formula is C20H20F6N4O3. The number of ether oxygens (including phenoxy) is 1. The van der Waals surface area contributed by atoms with Gasteiger partial charge >= 0.3 is 18.3 Å². The number of alkyl halides is 6. The van der Waals surface area contributed by atoms with Gasteiger partial charge in [-0.05, 0) is 37.6 Å². The monoisotopic (exact) mass is 478 g/mol. The number of nitriles is 1. The smallest absolute Gasteiger partial charge is 0.475 e.